The molecule has 0 aromatic heterocycles. The summed E-state index contributed by atoms with van der Waals surface area (Å²) < 4.78 is 17.8. The van der Waals surface area contributed by atoms with Crippen LogP contribution in [-0.2, 0) is 9.47 Å². The fourth-order valence-electron chi connectivity index (χ4n) is 5.85. The van der Waals surface area contributed by atoms with Crippen LogP contribution < -0.4 is 4.74 Å². The SMILES string of the molecule is CC(C)(C)Oc1ccc(C2=CC3COCC(C2)N3C(=O)OCC2c3ccccc3-c3ccccc32)cc1. The van der Waals surface area contributed by atoms with Crippen molar-refractivity contribution in [1.29, 1.82) is 0 Å². The normalized spacial score (nSPS) is 20.6. The largest absolute Gasteiger partial charge is 0.488 e. The van der Waals surface area contributed by atoms with E-state index in [9.17, 15) is 4.79 Å². The fraction of sp³-hybridized carbons (Fsp3) is 0.344. The summed E-state index contributed by atoms with van der Waals surface area (Å²) in [5, 5.41) is 0. The third-order valence-electron chi connectivity index (χ3n) is 7.39. The molecule has 1 aliphatic carbocycles. The number of hydrogen-bond acceptors (Lipinski definition) is 4. The second-order valence-corrected chi connectivity index (χ2v) is 11.1. The number of hydrogen-bond donors (Lipinski definition) is 0. The summed E-state index contributed by atoms with van der Waals surface area (Å²) in [4.78, 5) is 15.3. The van der Waals surface area contributed by atoms with Crippen LogP contribution in [0.25, 0.3) is 16.7 Å². The van der Waals surface area contributed by atoms with Gasteiger partial charge in [-0.1, -0.05) is 66.7 Å². The van der Waals surface area contributed by atoms with Gasteiger partial charge in [0, 0.05) is 5.92 Å². The van der Waals surface area contributed by atoms with Crippen molar-refractivity contribution in [3.63, 3.8) is 0 Å². The average Bonchev–Trinajstić information content (AvgIpc) is 3.20. The standard InChI is InChI=1S/C32H33NO4/c1-32(2,3)37-25-14-12-21(13-15-25)22-16-23-18-35-19-24(17-22)33(23)31(34)36-20-30-28-10-6-4-8-26(28)27-9-5-7-11-29(27)30/h4-16,23-24,30H,17-20H2,1-3H3. The van der Waals surface area contributed by atoms with Crippen molar-refractivity contribution in [1.82, 2.24) is 4.90 Å². The molecule has 1 fully saturated rings. The van der Waals surface area contributed by atoms with Crippen LogP contribution in [-0.4, -0.2) is 48.5 Å². The Kier molecular flexibility index (Phi) is 6.04. The lowest BCUT2D eigenvalue weighted by Crippen LogP contribution is -2.56. The zero-order valence-electron chi connectivity index (χ0n) is 21.6. The Morgan fingerprint density at radius 2 is 1.57 bits per heavy atom. The Labute approximate surface area is 218 Å². The number of nitrogens with zero attached hydrogens (tertiary/aromatic N) is 1. The minimum absolute atomic E-state index is 0.0418. The van der Waals surface area contributed by atoms with Crippen LogP contribution in [0.4, 0.5) is 4.79 Å². The lowest BCUT2D eigenvalue weighted by molar-refractivity contribution is -0.0331. The molecule has 2 aliphatic heterocycles. The number of rotatable bonds is 4. The van der Waals surface area contributed by atoms with Gasteiger partial charge in [-0.05, 0) is 72.7 Å². The topological polar surface area (TPSA) is 48.0 Å². The molecule has 2 heterocycles. The van der Waals surface area contributed by atoms with E-state index in [2.05, 4.69) is 66.7 Å². The van der Waals surface area contributed by atoms with Gasteiger partial charge < -0.3 is 14.2 Å². The summed E-state index contributed by atoms with van der Waals surface area (Å²) in [6, 6.07) is 24.9. The number of fused-ring (bicyclic) bond motifs is 5. The zero-order chi connectivity index (χ0) is 25.6. The van der Waals surface area contributed by atoms with E-state index in [4.69, 9.17) is 14.2 Å². The van der Waals surface area contributed by atoms with Gasteiger partial charge in [0.2, 0.25) is 0 Å². The van der Waals surface area contributed by atoms with E-state index in [0.717, 1.165) is 17.7 Å². The molecule has 2 unspecified atom stereocenters. The monoisotopic (exact) mass is 495 g/mol. The molecule has 0 radical (unpaired) electrons. The fourth-order valence-corrected chi connectivity index (χ4v) is 5.85. The third-order valence-corrected chi connectivity index (χ3v) is 7.39. The lowest BCUT2D eigenvalue weighted by atomic mass is 9.90. The number of amides is 1. The molecule has 1 saturated heterocycles. The second kappa shape index (κ2) is 9.38. The molecule has 6 rings (SSSR count). The first-order chi connectivity index (χ1) is 17.9. The number of carbonyl (C=O) groups excluding carboxylic acids is 1. The molecular formula is C32H33NO4. The molecule has 190 valence electrons. The Morgan fingerprint density at radius 1 is 0.919 bits per heavy atom. The Hall–Kier alpha value is -3.57. The van der Waals surface area contributed by atoms with Crippen molar-refractivity contribution in [3.8, 4) is 16.9 Å². The van der Waals surface area contributed by atoms with Gasteiger partial charge in [0.05, 0.1) is 25.3 Å². The molecule has 5 nitrogen and oxygen atoms in total. The molecule has 3 aromatic carbocycles. The van der Waals surface area contributed by atoms with E-state index in [1.807, 2.05) is 37.8 Å². The van der Waals surface area contributed by atoms with E-state index in [-0.39, 0.29) is 29.7 Å². The maximum absolute atomic E-state index is 13.4. The van der Waals surface area contributed by atoms with Crippen LogP contribution in [0.1, 0.15) is 49.8 Å². The number of carbonyl (C=O) groups is 1. The van der Waals surface area contributed by atoms with Crippen LogP contribution in [0.15, 0.2) is 78.9 Å². The van der Waals surface area contributed by atoms with Gasteiger partial charge in [-0.2, -0.15) is 0 Å². The molecule has 0 spiro atoms. The predicted octanol–water partition coefficient (Wildman–Crippen LogP) is 6.67. The van der Waals surface area contributed by atoms with Gasteiger partial charge in [0.1, 0.15) is 18.0 Å². The van der Waals surface area contributed by atoms with E-state index < -0.39 is 0 Å². The number of ether oxygens (including phenoxy) is 3. The molecule has 37 heavy (non-hydrogen) atoms. The summed E-state index contributed by atoms with van der Waals surface area (Å²) in [6.07, 6.45) is 2.64. The molecule has 0 N–H and O–H groups in total. The summed E-state index contributed by atoms with van der Waals surface area (Å²) in [7, 11) is 0. The van der Waals surface area contributed by atoms with Crippen molar-refractivity contribution < 1.29 is 19.0 Å². The van der Waals surface area contributed by atoms with Gasteiger partial charge in [-0.25, -0.2) is 4.79 Å². The van der Waals surface area contributed by atoms with E-state index >= 15 is 0 Å². The molecular weight excluding hydrogens is 462 g/mol. The van der Waals surface area contributed by atoms with Crippen molar-refractivity contribution >= 4 is 11.7 Å². The first kappa shape index (κ1) is 23.8. The van der Waals surface area contributed by atoms with Crippen LogP contribution in [0.5, 0.6) is 5.75 Å². The van der Waals surface area contributed by atoms with Crippen molar-refractivity contribution in [2.24, 2.45) is 0 Å². The van der Waals surface area contributed by atoms with E-state index in [1.54, 1.807) is 0 Å². The van der Waals surface area contributed by atoms with E-state index in [1.165, 1.54) is 27.8 Å². The first-order valence-electron chi connectivity index (χ1n) is 13.1. The van der Waals surface area contributed by atoms with Gasteiger partial charge in [-0.15, -0.1) is 0 Å². The van der Waals surface area contributed by atoms with Crippen LogP contribution in [0.2, 0.25) is 0 Å². The molecule has 3 aromatic rings. The highest BCUT2D eigenvalue weighted by Crippen LogP contribution is 2.44. The minimum Gasteiger partial charge on any atom is -0.488 e. The highest BCUT2D eigenvalue weighted by atomic mass is 16.6. The highest BCUT2D eigenvalue weighted by molar-refractivity contribution is 5.79. The number of benzene rings is 3. The molecule has 0 saturated carbocycles. The van der Waals surface area contributed by atoms with Crippen LogP contribution >= 0.6 is 0 Å². The molecule has 3 aliphatic rings. The van der Waals surface area contributed by atoms with Crippen LogP contribution in [0, 0.1) is 0 Å². The smallest absolute Gasteiger partial charge is 0.410 e. The van der Waals surface area contributed by atoms with Gasteiger partial charge >= 0.3 is 6.09 Å². The Morgan fingerprint density at radius 3 is 2.19 bits per heavy atom. The minimum atomic E-state index is -0.260. The third kappa shape index (κ3) is 4.64. The maximum atomic E-state index is 13.4. The Balaban J connectivity index is 1.17. The van der Waals surface area contributed by atoms with Crippen molar-refractivity contribution in [3.05, 3.63) is 95.6 Å². The van der Waals surface area contributed by atoms with Crippen LogP contribution in [0.3, 0.4) is 0 Å². The van der Waals surface area contributed by atoms with E-state index in [0.29, 0.717) is 19.8 Å². The highest BCUT2D eigenvalue weighted by Gasteiger charge is 2.40. The predicted molar refractivity (Wildman–Crippen MR) is 145 cm³/mol. The quantitative estimate of drug-likeness (QED) is 0.406. The molecule has 5 heteroatoms. The molecule has 1 amide bonds. The Bertz CT molecular complexity index is 1290. The molecule has 2 atom stereocenters. The summed E-state index contributed by atoms with van der Waals surface area (Å²) in [5.41, 5.74) is 7.07. The first-order valence-corrected chi connectivity index (χ1v) is 13.1. The summed E-state index contributed by atoms with van der Waals surface area (Å²) >= 11 is 0. The molecule has 2 bridgehead atoms. The van der Waals surface area contributed by atoms with Crippen molar-refractivity contribution in [2.75, 3.05) is 19.8 Å². The number of morpholine rings is 1. The average molecular weight is 496 g/mol. The zero-order valence-corrected chi connectivity index (χ0v) is 21.6. The summed E-state index contributed by atoms with van der Waals surface area (Å²) in [6.45, 7) is 7.46. The van der Waals surface area contributed by atoms with Crippen molar-refractivity contribution in [2.45, 2.75) is 50.8 Å². The summed E-state index contributed by atoms with van der Waals surface area (Å²) in [5.74, 6) is 0.911. The van der Waals surface area contributed by atoms with Gasteiger partial charge in [-0.3, -0.25) is 4.90 Å². The van der Waals surface area contributed by atoms with Gasteiger partial charge in [0.15, 0.2) is 0 Å². The maximum Gasteiger partial charge on any atom is 0.410 e. The lowest BCUT2D eigenvalue weighted by Gasteiger charge is -2.44. The van der Waals surface area contributed by atoms with Gasteiger partial charge in [0.25, 0.3) is 0 Å². The second-order valence-electron chi connectivity index (χ2n) is 11.1.